The predicted molar refractivity (Wildman–Crippen MR) is 107 cm³/mol. The molecule has 16 atom stereocenters. The maximum Gasteiger partial charge on any atom is 0.187 e. The van der Waals surface area contributed by atoms with Crippen LogP contribution in [0.1, 0.15) is 0 Å². The first-order valence-electron chi connectivity index (χ1n) is 11.2. The molecule has 0 spiro atoms. The van der Waals surface area contributed by atoms with Crippen LogP contribution in [0.5, 0.6) is 0 Å². The molecule has 0 aromatic carbocycles. The molecule has 12 N–H and O–H groups in total. The predicted octanol–water partition coefficient (Wildman–Crippen LogP) is -8.21. The van der Waals surface area contributed by atoms with Crippen molar-refractivity contribution in [1.29, 1.82) is 0 Å². The largest absolute Gasteiger partial charge is 0.394 e. The summed E-state index contributed by atoms with van der Waals surface area (Å²) in [6, 6.07) is 0. The molecule has 0 bridgehead atoms. The first kappa shape index (κ1) is 29.9. The van der Waals surface area contributed by atoms with Crippen LogP contribution in [-0.2, 0) is 23.7 Å². The summed E-state index contributed by atoms with van der Waals surface area (Å²) in [5.74, 6) is 0. The minimum Gasteiger partial charge on any atom is -0.394 e. The molecule has 3 aliphatic heterocycles. The highest BCUT2D eigenvalue weighted by Gasteiger charge is 2.54. The van der Waals surface area contributed by atoms with Gasteiger partial charge in [0.2, 0.25) is 0 Å². The zero-order valence-electron chi connectivity index (χ0n) is 18.8. The molecule has 0 aromatic rings. The highest BCUT2D eigenvalue weighted by Crippen LogP contribution is 2.32. The van der Waals surface area contributed by atoms with Crippen LogP contribution in [0.2, 0.25) is 0 Å². The molecular formula is C19H34O17. The van der Waals surface area contributed by atoms with Crippen LogP contribution in [0.3, 0.4) is 0 Å². The molecule has 36 heavy (non-hydrogen) atoms. The van der Waals surface area contributed by atoms with E-state index in [0.29, 0.717) is 0 Å². The van der Waals surface area contributed by atoms with Crippen molar-refractivity contribution in [1.82, 2.24) is 0 Å². The lowest BCUT2D eigenvalue weighted by Gasteiger charge is -2.48. The van der Waals surface area contributed by atoms with Crippen LogP contribution in [0.4, 0.5) is 0 Å². The van der Waals surface area contributed by atoms with E-state index in [2.05, 4.69) is 0 Å². The smallest absolute Gasteiger partial charge is 0.187 e. The fourth-order valence-corrected chi connectivity index (χ4v) is 4.27. The summed E-state index contributed by atoms with van der Waals surface area (Å²) in [6.45, 7) is -2.52. The Morgan fingerprint density at radius 2 is 1.06 bits per heavy atom. The number of hydrogen-bond acceptors (Lipinski definition) is 17. The lowest BCUT2D eigenvalue weighted by atomic mass is 9.94. The van der Waals surface area contributed by atoms with Crippen molar-refractivity contribution in [2.75, 3.05) is 19.8 Å². The molecule has 0 amide bonds. The van der Waals surface area contributed by atoms with Gasteiger partial charge in [-0.15, -0.1) is 0 Å². The quantitative estimate of drug-likeness (QED) is 0.138. The van der Waals surface area contributed by atoms with Gasteiger partial charge in [-0.2, -0.15) is 0 Å². The second-order valence-corrected chi connectivity index (χ2v) is 8.83. The highest BCUT2D eigenvalue weighted by atomic mass is 16.8. The second kappa shape index (κ2) is 12.5. The number of aliphatic hydroxyl groups excluding tert-OH is 12. The SMILES string of the molecule is OC[C@H](O)[C@H]1O[C@H](O)[C@@H](O)[C@@H](O)[C@@H]1O[C@@H]1O[C@H](CO)[C@@H](O[C@@H]2O[C@H](CO)[C@@H](O)[C@H](O)[C@H]2O)[C@H](O)[C@H]1O. The molecule has 0 unspecified atom stereocenters. The summed E-state index contributed by atoms with van der Waals surface area (Å²) in [6.07, 6.45) is -28.1. The van der Waals surface area contributed by atoms with E-state index < -0.39 is 118 Å². The van der Waals surface area contributed by atoms with Gasteiger partial charge >= 0.3 is 0 Å². The van der Waals surface area contributed by atoms with Crippen molar-refractivity contribution in [2.24, 2.45) is 0 Å². The fourth-order valence-electron chi connectivity index (χ4n) is 4.27. The Morgan fingerprint density at radius 1 is 0.556 bits per heavy atom. The zero-order chi connectivity index (χ0) is 26.9. The van der Waals surface area contributed by atoms with Gasteiger partial charge in [-0.25, -0.2) is 0 Å². The Hall–Kier alpha value is -0.680. The Morgan fingerprint density at radius 3 is 1.61 bits per heavy atom. The van der Waals surface area contributed by atoms with Crippen LogP contribution >= 0.6 is 0 Å². The zero-order valence-corrected chi connectivity index (χ0v) is 18.8. The van der Waals surface area contributed by atoms with Gasteiger partial charge in [0, 0.05) is 0 Å². The Kier molecular flexibility index (Phi) is 10.3. The molecular weight excluding hydrogens is 500 g/mol. The van der Waals surface area contributed by atoms with Crippen LogP contribution in [0.25, 0.3) is 0 Å². The minimum atomic E-state index is -1.98. The van der Waals surface area contributed by atoms with Gasteiger partial charge in [0.1, 0.15) is 79.4 Å². The molecule has 3 saturated heterocycles. The molecule has 0 saturated carbocycles. The summed E-state index contributed by atoms with van der Waals surface area (Å²) < 4.78 is 26.5. The van der Waals surface area contributed by atoms with E-state index in [1.54, 1.807) is 0 Å². The molecule has 212 valence electrons. The van der Waals surface area contributed by atoms with Gasteiger partial charge in [0.05, 0.1) is 19.8 Å². The molecule has 3 fully saturated rings. The van der Waals surface area contributed by atoms with Crippen molar-refractivity contribution in [3.05, 3.63) is 0 Å². The normalized spacial score (nSPS) is 51.2. The third-order valence-electron chi connectivity index (χ3n) is 6.42. The molecule has 0 aliphatic carbocycles. The Labute approximate surface area is 203 Å². The minimum absolute atomic E-state index is 0.760. The van der Waals surface area contributed by atoms with Gasteiger partial charge in [-0.1, -0.05) is 0 Å². The van der Waals surface area contributed by atoms with Crippen LogP contribution < -0.4 is 0 Å². The average molecular weight is 534 g/mol. The third kappa shape index (κ3) is 5.82. The monoisotopic (exact) mass is 534 g/mol. The first-order chi connectivity index (χ1) is 17.0. The molecule has 17 nitrogen and oxygen atoms in total. The number of rotatable bonds is 8. The van der Waals surface area contributed by atoms with Crippen LogP contribution in [0, 0.1) is 0 Å². The van der Waals surface area contributed by atoms with Gasteiger partial charge in [-0.3, -0.25) is 0 Å². The van der Waals surface area contributed by atoms with E-state index in [4.69, 9.17) is 23.7 Å². The summed E-state index contributed by atoms with van der Waals surface area (Å²) in [7, 11) is 0. The maximum absolute atomic E-state index is 10.7. The summed E-state index contributed by atoms with van der Waals surface area (Å²) >= 11 is 0. The molecule has 3 rings (SSSR count). The lowest BCUT2D eigenvalue weighted by Crippen LogP contribution is -2.67. The van der Waals surface area contributed by atoms with Crippen molar-refractivity contribution in [2.45, 2.75) is 98.2 Å². The standard InChI is InChI=1S/C19H34O17/c20-1-4(23)14-16(9(26)11(28)17(31)34-14)36-19-13(30)10(27)15(6(3-22)33-19)35-18-12(29)8(25)7(24)5(2-21)32-18/h4-31H,1-3H2/t4-,5+,6+,7+,8-,9+,10+,11-,12+,13+,14+,15+,16-,17-,18-,19-/m0/s1. The third-order valence-corrected chi connectivity index (χ3v) is 6.42. The summed E-state index contributed by atoms with van der Waals surface area (Å²) in [5, 5.41) is 119. The van der Waals surface area contributed by atoms with E-state index in [1.807, 2.05) is 0 Å². The van der Waals surface area contributed by atoms with Crippen molar-refractivity contribution in [3.63, 3.8) is 0 Å². The molecule has 3 aliphatic rings. The van der Waals surface area contributed by atoms with E-state index in [0.717, 1.165) is 0 Å². The van der Waals surface area contributed by atoms with Crippen LogP contribution in [-0.4, -0.2) is 179 Å². The Bertz CT molecular complexity index is 682. The second-order valence-electron chi connectivity index (χ2n) is 8.83. The van der Waals surface area contributed by atoms with Gasteiger partial charge < -0.3 is 85.0 Å². The number of ether oxygens (including phenoxy) is 5. The Balaban J connectivity index is 1.75. The van der Waals surface area contributed by atoms with Crippen molar-refractivity contribution in [3.8, 4) is 0 Å². The maximum atomic E-state index is 10.7. The molecule has 0 radical (unpaired) electrons. The van der Waals surface area contributed by atoms with Crippen LogP contribution in [0.15, 0.2) is 0 Å². The fraction of sp³-hybridized carbons (Fsp3) is 1.00. The van der Waals surface area contributed by atoms with E-state index in [9.17, 15) is 61.3 Å². The lowest BCUT2D eigenvalue weighted by molar-refractivity contribution is -0.380. The molecule has 0 aromatic heterocycles. The number of hydrogen-bond donors (Lipinski definition) is 12. The number of aliphatic hydroxyl groups is 12. The van der Waals surface area contributed by atoms with E-state index >= 15 is 0 Å². The average Bonchev–Trinajstić information content (AvgIpc) is 2.87. The van der Waals surface area contributed by atoms with Gasteiger partial charge in [-0.05, 0) is 0 Å². The van der Waals surface area contributed by atoms with E-state index in [1.165, 1.54) is 0 Å². The van der Waals surface area contributed by atoms with Gasteiger partial charge in [0.25, 0.3) is 0 Å². The van der Waals surface area contributed by atoms with Crippen molar-refractivity contribution >= 4 is 0 Å². The highest BCUT2D eigenvalue weighted by molar-refractivity contribution is 4.97. The van der Waals surface area contributed by atoms with Crippen molar-refractivity contribution < 1.29 is 85.0 Å². The molecule has 3 heterocycles. The topological polar surface area (TPSA) is 289 Å². The summed E-state index contributed by atoms with van der Waals surface area (Å²) in [5.41, 5.74) is 0. The first-order valence-corrected chi connectivity index (χ1v) is 11.2. The summed E-state index contributed by atoms with van der Waals surface area (Å²) in [4.78, 5) is 0. The molecule has 17 heteroatoms. The van der Waals surface area contributed by atoms with E-state index in [-0.39, 0.29) is 0 Å². The van der Waals surface area contributed by atoms with Gasteiger partial charge in [0.15, 0.2) is 18.9 Å².